The van der Waals surface area contributed by atoms with Gasteiger partial charge in [0.15, 0.2) is 0 Å². The van der Waals surface area contributed by atoms with Crippen LogP contribution in [0.4, 0.5) is 5.69 Å². The molecule has 0 bridgehead atoms. The van der Waals surface area contributed by atoms with E-state index in [9.17, 15) is 4.79 Å². The number of nitrogens with zero attached hydrogens (tertiary/aromatic N) is 1. The van der Waals surface area contributed by atoms with Gasteiger partial charge in [0, 0.05) is 23.1 Å². The van der Waals surface area contributed by atoms with Crippen LogP contribution < -0.4 is 11.2 Å². The van der Waals surface area contributed by atoms with Gasteiger partial charge in [-0.25, -0.2) is 5.43 Å². The largest absolute Gasteiger partial charge is 0.399 e. The Hall–Kier alpha value is -1.84. The van der Waals surface area contributed by atoms with Crippen molar-refractivity contribution in [3.05, 3.63) is 29.3 Å². The van der Waals surface area contributed by atoms with Crippen molar-refractivity contribution in [1.82, 2.24) is 5.43 Å². The van der Waals surface area contributed by atoms with Crippen LogP contribution in [-0.2, 0) is 11.2 Å². The van der Waals surface area contributed by atoms with E-state index < -0.39 is 0 Å². The maximum absolute atomic E-state index is 11.5. The van der Waals surface area contributed by atoms with Gasteiger partial charge in [0.25, 0.3) is 0 Å². The second-order valence-electron chi connectivity index (χ2n) is 5.15. The molecule has 1 aromatic carbocycles. The second kappa shape index (κ2) is 3.32. The van der Waals surface area contributed by atoms with Crippen molar-refractivity contribution in [2.45, 2.75) is 26.2 Å². The molecule has 3 N–H and O–H groups in total. The van der Waals surface area contributed by atoms with Crippen LogP contribution in [0, 0.1) is 5.41 Å². The summed E-state index contributed by atoms with van der Waals surface area (Å²) < 4.78 is 0. The van der Waals surface area contributed by atoms with Crippen molar-refractivity contribution >= 4 is 17.3 Å². The average molecular weight is 229 g/mol. The molecule has 1 aliphatic heterocycles. The molecule has 4 heteroatoms. The number of hydrogen-bond acceptors (Lipinski definition) is 3. The summed E-state index contributed by atoms with van der Waals surface area (Å²) in [4.78, 5) is 11.5. The Morgan fingerprint density at radius 2 is 2.29 bits per heavy atom. The summed E-state index contributed by atoms with van der Waals surface area (Å²) >= 11 is 0. The first-order valence-corrected chi connectivity index (χ1v) is 5.84. The zero-order valence-electron chi connectivity index (χ0n) is 9.79. The van der Waals surface area contributed by atoms with Gasteiger partial charge in [-0.2, -0.15) is 5.10 Å². The molecular weight excluding hydrogens is 214 g/mol. The van der Waals surface area contributed by atoms with Gasteiger partial charge in [-0.15, -0.1) is 0 Å². The minimum Gasteiger partial charge on any atom is -0.399 e. The van der Waals surface area contributed by atoms with Gasteiger partial charge in [-0.3, -0.25) is 4.79 Å². The van der Waals surface area contributed by atoms with Crippen LogP contribution in [0.25, 0.3) is 0 Å². The number of nitrogens with two attached hydrogens (primary N) is 1. The smallest absolute Gasteiger partial charge is 0.241 e. The first-order chi connectivity index (χ1) is 8.08. The molecule has 1 unspecified atom stereocenters. The zero-order valence-corrected chi connectivity index (χ0v) is 9.79. The number of fused-ring (bicyclic) bond motifs is 3. The molecule has 4 nitrogen and oxygen atoms in total. The molecule has 17 heavy (non-hydrogen) atoms. The molecule has 0 saturated heterocycles. The number of carbonyl (C=O) groups is 1. The molecule has 1 heterocycles. The van der Waals surface area contributed by atoms with E-state index in [2.05, 4.69) is 17.5 Å². The van der Waals surface area contributed by atoms with Crippen LogP contribution in [0.15, 0.2) is 23.3 Å². The lowest BCUT2D eigenvalue weighted by Gasteiger charge is -2.38. The Bertz CT molecular complexity index is 535. The number of hydrazone groups is 1. The third-order valence-electron chi connectivity index (χ3n) is 3.75. The van der Waals surface area contributed by atoms with Gasteiger partial charge in [0.2, 0.25) is 5.91 Å². The number of rotatable bonds is 0. The fraction of sp³-hybridized carbons (Fsp3) is 0.385. The molecule has 3 rings (SSSR count). The average Bonchev–Trinajstić information content (AvgIpc) is 2.27. The summed E-state index contributed by atoms with van der Waals surface area (Å²) in [5.74, 6) is 0.00939. The van der Waals surface area contributed by atoms with E-state index in [1.54, 1.807) is 0 Å². The van der Waals surface area contributed by atoms with Crippen molar-refractivity contribution in [2.24, 2.45) is 10.5 Å². The SMILES string of the molecule is CC12CCc3cc(N)ccc3C1=NNC(=O)C2. The normalized spacial score (nSPS) is 26.6. The molecule has 0 saturated carbocycles. The summed E-state index contributed by atoms with van der Waals surface area (Å²) in [7, 11) is 0. The van der Waals surface area contributed by atoms with Crippen LogP contribution in [0.2, 0.25) is 0 Å². The third-order valence-corrected chi connectivity index (χ3v) is 3.75. The minimum atomic E-state index is -0.120. The van der Waals surface area contributed by atoms with Crippen molar-refractivity contribution in [1.29, 1.82) is 0 Å². The van der Waals surface area contributed by atoms with E-state index in [0.29, 0.717) is 6.42 Å². The van der Waals surface area contributed by atoms with Crippen LogP contribution in [0.5, 0.6) is 0 Å². The van der Waals surface area contributed by atoms with Gasteiger partial charge in [-0.05, 0) is 30.5 Å². The van der Waals surface area contributed by atoms with Crippen LogP contribution in [-0.4, -0.2) is 11.6 Å². The van der Waals surface area contributed by atoms with Crippen LogP contribution in [0.1, 0.15) is 30.9 Å². The quantitative estimate of drug-likeness (QED) is 0.661. The highest BCUT2D eigenvalue weighted by molar-refractivity contribution is 6.10. The van der Waals surface area contributed by atoms with E-state index in [0.717, 1.165) is 29.8 Å². The summed E-state index contributed by atoms with van der Waals surface area (Å²) in [5, 5.41) is 4.25. The lowest BCUT2D eigenvalue weighted by atomic mass is 9.68. The van der Waals surface area contributed by atoms with Gasteiger partial charge < -0.3 is 5.73 Å². The molecule has 0 fully saturated rings. The molecule has 0 radical (unpaired) electrons. The highest BCUT2D eigenvalue weighted by Gasteiger charge is 2.40. The Labute approximate surface area is 99.9 Å². The van der Waals surface area contributed by atoms with Crippen molar-refractivity contribution < 1.29 is 4.79 Å². The fourth-order valence-corrected chi connectivity index (χ4v) is 2.79. The highest BCUT2D eigenvalue weighted by atomic mass is 16.2. The minimum absolute atomic E-state index is 0.00939. The standard InChI is InChI=1S/C13H15N3O/c1-13-5-4-8-6-9(14)2-3-10(8)12(13)16-15-11(17)7-13/h2-3,6H,4-5,7,14H2,1H3,(H,15,17). The molecule has 1 amide bonds. The lowest BCUT2D eigenvalue weighted by molar-refractivity contribution is -0.123. The number of benzene rings is 1. The van der Waals surface area contributed by atoms with Crippen LogP contribution in [0.3, 0.4) is 0 Å². The Balaban J connectivity index is 2.15. The Morgan fingerprint density at radius 3 is 3.12 bits per heavy atom. The van der Waals surface area contributed by atoms with Gasteiger partial charge >= 0.3 is 0 Å². The first-order valence-electron chi connectivity index (χ1n) is 5.84. The van der Waals surface area contributed by atoms with Crippen molar-refractivity contribution in [2.75, 3.05) is 5.73 Å². The zero-order chi connectivity index (χ0) is 12.0. The van der Waals surface area contributed by atoms with E-state index >= 15 is 0 Å². The molecule has 0 spiro atoms. The van der Waals surface area contributed by atoms with Crippen LogP contribution >= 0.6 is 0 Å². The molecule has 2 aliphatic rings. The molecule has 1 atom stereocenters. The molecule has 0 aromatic heterocycles. The lowest BCUT2D eigenvalue weighted by Crippen LogP contribution is -2.43. The predicted octanol–water partition coefficient (Wildman–Crippen LogP) is 1.45. The van der Waals surface area contributed by atoms with E-state index in [4.69, 9.17) is 5.73 Å². The Morgan fingerprint density at radius 1 is 1.47 bits per heavy atom. The van der Waals surface area contributed by atoms with E-state index in [1.807, 2.05) is 18.2 Å². The van der Waals surface area contributed by atoms with Gasteiger partial charge in [0.1, 0.15) is 0 Å². The summed E-state index contributed by atoms with van der Waals surface area (Å²) in [6.07, 6.45) is 2.44. The number of hydrogen-bond donors (Lipinski definition) is 2. The number of nitrogens with one attached hydrogen (secondary N) is 1. The summed E-state index contributed by atoms with van der Waals surface area (Å²) in [6, 6.07) is 5.91. The summed E-state index contributed by atoms with van der Waals surface area (Å²) in [5.41, 5.74) is 12.4. The predicted molar refractivity (Wildman–Crippen MR) is 66.6 cm³/mol. The van der Waals surface area contributed by atoms with E-state index in [1.165, 1.54) is 5.56 Å². The molecule has 88 valence electrons. The van der Waals surface area contributed by atoms with E-state index in [-0.39, 0.29) is 11.3 Å². The van der Waals surface area contributed by atoms with Gasteiger partial charge in [-0.1, -0.05) is 13.0 Å². The van der Waals surface area contributed by atoms with Crippen molar-refractivity contribution in [3.8, 4) is 0 Å². The number of anilines is 1. The molecule has 1 aliphatic carbocycles. The monoisotopic (exact) mass is 229 g/mol. The summed E-state index contributed by atoms with van der Waals surface area (Å²) in [6.45, 7) is 2.11. The number of amides is 1. The number of aryl methyl sites for hydroxylation is 1. The number of nitrogen functional groups attached to an aromatic ring is 1. The number of carbonyl (C=O) groups excluding carboxylic acids is 1. The third kappa shape index (κ3) is 1.52. The molecular formula is C13H15N3O. The fourth-order valence-electron chi connectivity index (χ4n) is 2.79. The van der Waals surface area contributed by atoms with Crippen molar-refractivity contribution in [3.63, 3.8) is 0 Å². The Kier molecular flexibility index (Phi) is 2.02. The topological polar surface area (TPSA) is 67.5 Å². The molecule has 1 aromatic rings. The first kappa shape index (κ1) is 10.3. The maximum Gasteiger partial charge on any atom is 0.241 e. The van der Waals surface area contributed by atoms with Gasteiger partial charge in [0.05, 0.1) is 5.71 Å². The highest BCUT2D eigenvalue weighted by Crippen LogP contribution is 2.40. The second-order valence-corrected chi connectivity index (χ2v) is 5.15. The maximum atomic E-state index is 11.5.